The molecule has 0 aliphatic rings. The van der Waals surface area contributed by atoms with Gasteiger partial charge in [0.05, 0.1) is 21.1 Å². The Hall–Kier alpha value is -2.22. The number of hydrogen-bond donors (Lipinski definition) is 2. The average molecular weight is 373 g/mol. The number of benzene rings is 2. The number of nitrogens with one attached hydrogen (secondary N) is 1. The number of imidazole rings is 1. The number of phenols is 1. The van der Waals surface area contributed by atoms with Crippen molar-refractivity contribution in [1.29, 1.82) is 0 Å². The molecule has 0 spiro atoms. The fourth-order valence-corrected chi connectivity index (χ4v) is 2.47. The molecule has 114 valence electrons. The number of aromatic amines is 1. The van der Waals surface area contributed by atoms with Crippen molar-refractivity contribution < 1.29 is 23.0 Å². The van der Waals surface area contributed by atoms with Crippen molar-refractivity contribution in [3.8, 4) is 22.9 Å². The lowest BCUT2D eigenvalue weighted by molar-refractivity contribution is -0.274. The van der Waals surface area contributed by atoms with Crippen LogP contribution < -0.4 is 4.74 Å². The predicted molar refractivity (Wildman–Crippen MR) is 77.6 cm³/mol. The Labute approximate surface area is 130 Å². The van der Waals surface area contributed by atoms with Gasteiger partial charge in [-0.2, -0.15) is 0 Å². The highest BCUT2D eigenvalue weighted by Gasteiger charge is 2.32. The van der Waals surface area contributed by atoms with Crippen molar-refractivity contribution >= 4 is 27.0 Å². The SMILES string of the molecule is Oc1c(Br)cc(OC(F)(F)F)cc1-c1nc2ccccc2[nH]1. The van der Waals surface area contributed by atoms with Crippen LogP contribution in [-0.4, -0.2) is 21.4 Å². The van der Waals surface area contributed by atoms with Crippen LogP contribution in [0.25, 0.3) is 22.4 Å². The number of aromatic nitrogens is 2. The quantitative estimate of drug-likeness (QED) is 0.691. The Kier molecular flexibility index (Phi) is 3.48. The number of fused-ring (bicyclic) bond motifs is 1. The second-order valence-electron chi connectivity index (χ2n) is 4.45. The number of para-hydroxylation sites is 2. The number of rotatable bonds is 2. The lowest BCUT2D eigenvalue weighted by Crippen LogP contribution is -2.17. The van der Waals surface area contributed by atoms with E-state index in [1.165, 1.54) is 0 Å². The summed E-state index contributed by atoms with van der Waals surface area (Å²) >= 11 is 3.01. The van der Waals surface area contributed by atoms with Gasteiger partial charge in [0.2, 0.25) is 0 Å². The van der Waals surface area contributed by atoms with Gasteiger partial charge in [0.25, 0.3) is 0 Å². The first-order chi connectivity index (χ1) is 10.3. The molecule has 3 aromatic rings. The van der Waals surface area contributed by atoms with Crippen LogP contribution in [0, 0.1) is 0 Å². The Balaban J connectivity index is 2.12. The van der Waals surface area contributed by atoms with Crippen LogP contribution in [0.3, 0.4) is 0 Å². The van der Waals surface area contributed by atoms with E-state index in [1.54, 1.807) is 24.3 Å². The first-order valence-electron chi connectivity index (χ1n) is 6.07. The first-order valence-corrected chi connectivity index (χ1v) is 6.86. The predicted octanol–water partition coefficient (Wildman–Crippen LogP) is 4.60. The first kappa shape index (κ1) is 14.7. The van der Waals surface area contributed by atoms with Crippen LogP contribution in [0.4, 0.5) is 13.2 Å². The fraction of sp³-hybridized carbons (Fsp3) is 0.0714. The number of halogens is 4. The van der Waals surface area contributed by atoms with Gasteiger partial charge in [-0.3, -0.25) is 0 Å². The van der Waals surface area contributed by atoms with E-state index in [-0.39, 0.29) is 21.6 Å². The van der Waals surface area contributed by atoms with Crippen LogP contribution in [-0.2, 0) is 0 Å². The van der Waals surface area contributed by atoms with Crippen LogP contribution in [0.1, 0.15) is 0 Å². The molecule has 1 aromatic heterocycles. The summed E-state index contributed by atoms with van der Waals surface area (Å²) in [7, 11) is 0. The largest absolute Gasteiger partial charge is 0.573 e. The van der Waals surface area contributed by atoms with Gasteiger partial charge in [0.15, 0.2) is 0 Å². The van der Waals surface area contributed by atoms with Crippen molar-refractivity contribution in [2.45, 2.75) is 6.36 Å². The van der Waals surface area contributed by atoms with E-state index in [2.05, 4.69) is 30.6 Å². The average Bonchev–Trinajstić information content (AvgIpc) is 2.84. The van der Waals surface area contributed by atoms with E-state index in [9.17, 15) is 18.3 Å². The highest BCUT2D eigenvalue weighted by molar-refractivity contribution is 9.10. The maximum Gasteiger partial charge on any atom is 0.573 e. The van der Waals surface area contributed by atoms with Gasteiger partial charge in [0.1, 0.15) is 17.3 Å². The molecule has 0 fully saturated rings. The van der Waals surface area contributed by atoms with Crippen molar-refractivity contribution in [3.05, 3.63) is 40.9 Å². The summed E-state index contributed by atoms with van der Waals surface area (Å²) < 4.78 is 41.0. The normalized spacial score (nSPS) is 11.8. The molecular weight excluding hydrogens is 365 g/mol. The standard InChI is InChI=1S/C14H8BrF3N2O2/c15-9-6-7(22-14(16,17)18)5-8(12(9)21)13-19-10-3-1-2-4-11(10)20-13/h1-6,21H,(H,19,20). The number of nitrogens with zero attached hydrogens (tertiary/aromatic N) is 1. The Morgan fingerprint density at radius 1 is 1.18 bits per heavy atom. The van der Waals surface area contributed by atoms with Crippen molar-refractivity contribution in [1.82, 2.24) is 9.97 Å². The zero-order chi connectivity index (χ0) is 15.9. The van der Waals surface area contributed by atoms with E-state index in [4.69, 9.17) is 0 Å². The minimum Gasteiger partial charge on any atom is -0.506 e. The molecule has 2 aromatic carbocycles. The molecule has 0 amide bonds. The number of H-pyrrole nitrogens is 1. The maximum atomic E-state index is 12.4. The van der Waals surface area contributed by atoms with Crippen LogP contribution in [0.15, 0.2) is 40.9 Å². The second-order valence-corrected chi connectivity index (χ2v) is 5.31. The van der Waals surface area contributed by atoms with Gasteiger partial charge in [-0.1, -0.05) is 12.1 Å². The van der Waals surface area contributed by atoms with E-state index < -0.39 is 12.1 Å². The lowest BCUT2D eigenvalue weighted by atomic mass is 10.2. The maximum absolute atomic E-state index is 12.4. The molecule has 1 heterocycles. The minimum atomic E-state index is -4.82. The van der Waals surface area contributed by atoms with Gasteiger partial charge in [-0.15, -0.1) is 13.2 Å². The third kappa shape index (κ3) is 2.87. The summed E-state index contributed by atoms with van der Waals surface area (Å²) in [6.07, 6.45) is -4.82. The summed E-state index contributed by atoms with van der Waals surface area (Å²) in [5, 5.41) is 10.1. The molecule has 0 bridgehead atoms. The van der Waals surface area contributed by atoms with Crippen LogP contribution in [0.5, 0.6) is 11.5 Å². The van der Waals surface area contributed by atoms with E-state index in [1.807, 2.05) is 0 Å². The molecule has 0 aliphatic carbocycles. The molecule has 8 heteroatoms. The second kappa shape index (κ2) is 5.20. The number of hydrogen-bond acceptors (Lipinski definition) is 3. The molecular formula is C14H8BrF3N2O2. The number of ether oxygens (including phenoxy) is 1. The summed E-state index contributed by atoms with van der Waals surface area (Å²) in [5.74, 6) is -0.437. The molecule has 3 rings (SSSR count). The van der Waals surface area contributed by atoms with Gasteiger partial charge >= 0.3 is 6.36 Å². The minimum absolute atomic E-state index is 0.0738. The number of phenolic OH excluding ortho intramolecular Hbond substituents is 1. The number of alkyl halides is 3. The smallest absolute Gasteiger partial charge is 0.506 e. The summed E-state index contributed by atoms with van der Waals surface area (Å²) in [5.41, 5.74) is 1.44. The molecule has 0 aliphatic heterocycles. The fourth-order valence-electron chi connectivity index (χ4n) is 2.03. The van der Waals surface area contributed by atoms with Gasteiger partial charge < -0.3 is 14.8 Å². The highest BCUT2D eigenvalue weighted by atomic mass is 79.9. The summed E-state index contributed by atoms with van der Waals surface area (Å²) in [6, 6.07) is 9.21. The van der Waals surface area contributed by atoms with Gasteiger partial charge in [-0.05, 0) is 40.2 Å². The molecule has 2 N–H and O–H groups in total. The lowest BCUT2D eigenvalue weighted by Gasteiger charge is -2.11. The summed E-state index contributed by atoms with van der Waals surface area (Å²) in [4.78, 5) is 7.19. The van der Waals surface area contributed by atoms with E-state index >= 15 is 0 Å². The van der Waals surface area contributed by atoms with E-state index in [0.29, 0.717) is 11.0 Å². The highest BCUT2D eigenvalue weighted by Crippen LogP contribution is 2.39. The molecule has 4 nitrogen and oxygen atoms in total. The van der Waals surface area contributed by atoms with E-state index in [0.717, 1.165) is 12.1 Å². The molecule has 0 unspecified atom stereocenters. The van der Waals surface area contributed by atoms with Gasteiger partial charge in [0, 0.05) is 0 Å². The van der Waals surface area contributed by atoms with Crippen LogP contribution in [0.2, 0.25) is 0 Å². The zero-order valence-electron chi connectivity index (χ0n) is 10.8. The molecule has 0 radical (unpaired) electrons. The van der Waals surface area contributed by atoms with Crippen molar-refractivity contribution in [2.24, 2.45) is 0 Å². The molecule has 0 saturated carbocycles. The molecule has 0 saturated heterocycles. The van der Waals surface area contributed by atoms with Gasteiger partial charge in [-0.25, -0.2) is 4.98 Å². The monoisotopic (exact) mass is 372 g/mol. The Morgan fingerprint density at radius 2 is 1.91 bits per heavy atom. The Bertz CT molecular complexity index is 813. The van der Waals surface area contributed by atoms with Crippen LogP contribution >= 0.6 is 15.9 Å². The summed E-state index contributed by atoms with van der Waals surface area (Å²) in [6.45, 7) is 0. The Morgan fingerprint density at radius 3 is 2.59 bits per heavy atom. The van der Waals surface area contributed by atoms with Crippen molar-refractivity contribution in [2.75, 3.05) is 0 Å². The zero-order valence-corrected chi connectivity index (χ0v) is 12.4. The third-order valence-electron chi connectivity index (χ3n) is 2.91. The molecule has 0 atom stereocenters. The molecule has 22 heavy (non-hydrogen) atoms. The topological polar surface area (TPSA) is 58.1 Å². The van der Waals surface area contributed by atoms with Crippen molar-refractivity contribution in [3.63, 3.8) is 0 Å². The third-order valence-corrected chi connectivity index (χ3v) is 3.52. The number of aromatic hydroxyl groups is 1.